The molecule has 0 rings (SSSR count). The van der Waals surface area contributed by atoms with Gasteiger partial charge in [0.05, 0.1) is 18.9 Å². The van der Waals surface area contributed by atoms with Crippen molar-refractivity contribution in [2.75, 3.05) is 13.1 Å². The van der Waals surface area contributed by atoms with Crippen molar-refractivity contribution in [3.63, 3.8) is 0 Å². The van der Waals surface area contributed by atoms with Crippen molar-refractivity contribution in [2.45, 2.75) is 25.8 Å². The molecule has 7 heteroatoms. The average molecular weight is 242 g/mol. The summed E-state index contributed by atoms with van der Waals surface area (Å²) >= 11 is 0. The van der Waals surface area contributed by atoms with Gasteiger partial charge in [-0.3, -0.25) is 19.4 Å². The molecule has 4 N–H and O–H groups in total. The molecule has 0 aromatic rings. The van der Waals surface area contributed by atoms with Crippen molar-refractivity contribution in [1.29, 1.82) is 0 Å². The number of aliphatic imine (C=N–C) groups is 1. The summed E-state index contributed by atoms with van der Waals surface area (Å²) in [5, 5.41) is 4.76. The minimum Gasteiger partial charge on any atom is -0.390 e. The lowest BCUT2D eigenvalue weighted by Crippen LogP contribution is -2.43. The van der Waals surface area contributed by atoms with Gasteiger partial charge in [0.15, 0.2) is 5.78 Å². The third kappa shape index (κ3) is 7.95. The van der Waals surface area contributed by atoms with Crippen molar-refractivity contribution >= 4 is 24.4 Å². The van der Waals surface area contributed by atoms with Crippen LogP contribution in [0.25, 0.3) is 0 Å². The van der Waals surface area contributed by atoms with E-state index in [0.29, 0.717) is 25.8 Å². The van der Waals surface area contributed by atoms with Gasteiger partial charge in [0.2, 0.25) is 12.3 Å². The number of carbonyl (C=O) groups excluding carboxylic acids is 3. The molecule has 1 unspecified atom stereocenters. The zero-order valence-corrected chi connectivity index (χ0v) is 9.81. The molecule has 0 saturated carbocycles. The number of nitrogens with zero attached hydrogens (tertiary/aromatic N) is 1. The number of Topliss-reactive ketones (excluding diaryl/α,β-unsaturated/α-hetero) is 1. The zero-order chi connectivity index (χ0) is 13.1. The Morgan fingerprint density at radius 3 is 2.71 bits per heavy atom. The SMILES string of the molecule is CC(=O)C(CCCN=CN)NC(=O)CNC=O. The van der Waals surface area contributed by atoms with E-state index in [1.54, 1.807) is 0 Å². The van der Waals surface area contributed by atoms with Crippen LogP contribution in [0.2, 0.25) is 0 Å². The fourth-order valence-electron chi connectivity index (χ4n) is 1.22. The molecule has 0 spiro atoms. The minimum absolute atomic E-state index is 0.124. The van der Waals surface area contributed by atoms with E-state index in [9.17, 15) is 14.4 Å². The van der Waals surface area contributed by atoms with Gasteiger partial charge >= 0.3 is 0 Å². The Bertz CT molecular complexity index is 291. The minimum atomic E-state index is -0.538. The van der Waals surface area contributed by atoms with Gasteiger partial charge in [-0.05, 0) is 19.8 Å². The fourth-order valence-corrected chi connectivity index (χ4v) is 1.22. The number of hydrogen-bond acceptors (Lipinski definition) is 4. The third-order valence-electron chi connectivity index (χ3n) is 2.06. The summed E-state index contributed by atoms with van der Waals surface area (Å²) in [6.45, 7) is 1.79. The predicted octanol–water partition coefficient (Wildman–Crippen LogP) is -1.43. The predicted molar refractivity (Wildman–Crippen MR) is 63.5 cm³/mol. The van der Waals surface area contributed by atoms with Crippen molar-refractivity contribution < 1.29 is 14.4 Å². The van der Waals surface area contributed by atoms with Crippen molar-refractivity contribution in [1.82, 2.24) is 10.6 Å². The number of carbonyl (C=O) groups is 3. The Labute approximate surface area is 99.8 Å². The molecule has 0 radical (unpaired) electrons. The standard InChI is InChI=1S/C10H18N4O3/c1-8(16)9(3-2-4-12-6-11)14-10(17)5-13-7-15/h6-7,9H,2-5H2,1H3,(H2,11,12)(H,13,15)(H,14,17). The quantitative estimate of drug-likeness (QED) is 0.199. The van der Waals surface area contributed by atoms with Gasteiger partial charge in [-0.25, -0.2) is 0 Å². The van der Waals surface area contributed by atoms with E-state index >= 15 is 0 Å². The second kappa shape index (κ2) is 9.32. The molecule has 0 fully saturated rings. The van der Waals surface area contributed by atoms with Crippen LogP contribution in [0, 0.1) is 0 Å². The third-order valence-corrected chi connectivity index (χ3v) is 2.06. The van der Waals surface area contributed by atoms with Crippen molar-refractivity contribution in [2.24, 2.45) is 10.7 Å². The molecule has 0 aliphatic heterocycles. The lowest BCUT2D eigenvalue weighted by atomic mass is 10.1. The highest BCUT2D eigenvalue weighted by Crippen LogP contribution is 1.99. The fraction of sp³-hybridized carbons (Fsp3) is 0.600. The smallest absolute Gasteiger partial charge is 0.239 e. The van der Waals surface area contributed by atoms with Crippen LogP contribution in [-0.4, -0.2) is 43.6 Å². The van der Waals surface area contributed by atoms with Crippen LogP contribution in [0.1, 0.15) is 19.8 Å². The molecule has 0 saturated heterocycles. The van der Waals surface area contributed by atoms with Crippen LogP contribution in [0.5, 0.6) is 0 Å². The molecule has 0 aliphatic rings. The number of nitrogens with one attached hydrogen (secondary N) is 2. The van der Waals surface area contributed by atoms with E-state index in [4.69, 9.17) is 5.73 Å². The van der Waals surface area contributed by atoms with Crippen LogP contribution in [0.3, 0.4) is 0 Å². The van der Waals surface area contributed by atoms with Gasteiger partial charge in [-0.1, -0.05) is 0 Å². The van der Waals surface area contributed by atoms with E-state index in [1.165, 1.54) is 13.3 Å². The highest BCUT2D eigenvalue weighted by Gasteiger charge is 2.15. The normalized spacial score (nSPS) is 12.1. The molecule has 0 aromatic carbocycles. The molecule has 2 amide bonds. The van der Waals surface area contributed by atoms with E-state index in [-0.39, 0.29) is 18.2 Å². The molecule has 0 bridgehead atoms. The van der Waals surface area contributed by atoms with Gasteiger partial charge in [-0.15, -0.1) is 0 Å². The van der Waals surface area contributed by atoms with Gasteiger partial charge in [0.1, 0.15) is 0 Å². The molecule has 0 heterocycles. The summed E-state index contributed by atoms with van der Waals surface area (Å²) in [5.74, 6) is -0.513. The Morgan fingerprint density at radius 2 is 2.18 bits per heavy atom. The van der Waals surface area contributed by atoms with Gasteiger partial charge in [0.25, 0.3) is 0 Å². The summed E-state index contributed by atoms with van der Waals surface area (Å²) in [7, 11) is 0. The topological polar surface area (TPSA) is 114 Å². The first kappa shape index (κ1) is 15.1. The maximum atomic E-state index is 11.3. The second-order valence-electron chi connectivity index (χ2n) is 3.43. The zero-order valence-electron chi connectivity index (χ0n) is 9.81. The Kier molecular flexibility index (Phi) is 8.26. The maximum absolute atomic E-state index is 11.3. The summed E-state index contributed by atoms with van der Waals surface area (Å²) in [6.07, 6.45) is 2.78. The first-order chi connectivity index (χ1) is 8.11. The highest BCUT2D eigenvalue weighted by molar-refractivity contribution is 5.88. The molecule has 0 aliphatic carbocycles. The van der Waals surface area contributed by atoms with Crippen molar-refractivity contribution in [3.05, 3.63) is 0 Å². The Balaban J connectivity index is 4.01. The Hall–Kier alpha value is -1.92. The monoisotopic (exact) mass is 242 g/mol. The molecular weight excluding hydrogens is 224 g/mol. The number of rotatable bonds is 9. The lowest BCUT2D eigenvalue weighted by Gasteiger charge is -2.15. The van der Waals surface area contributed by atoms with Crippen molar-refractivity contribution in [3.8, 4) is 0 Å². The number of ketones is 1. The van der Waals surface area contributed by atoms with E-state index in [0.717, 1.165) is 0 Å². The number of amides is 2. The van der Waals surface area contributed by atoms with Crippen LogP contribution in [0.15, 0.2) is 4.99 Å². The second-order valence-corrected chi connectivity index (χ2v) is 3.43. The van der Waals surface area contributed by atoms with Gasteiger partial charge in [-0.2, -0.15) is 0 Å². The summed E-state index contributed by atoms with van der Waals surface area (Å²) in [5.41, 5.74) is 5.07. The van der Waals surface area contributed by atoms with Crippen LogP contribution >= 0.6 is 0 Å². The lowest BCUT2D eigenvalue weighted by molar-refractivity contribution is -0.127. The van der Waals surface area contributed by atoms with Crippen LogP contribution in [-0.2, 0) is 14.4 Å². The highest BCUT2D eigenvalue weighted by atomic mass is 16.2. The largest absolute Gasteiger partial charge is 0.390 e. The maximum Gasteiger partial charge on any atom is 0.239 e. The first-order valence-corrected chi connectivity index (χ1v) is 5.28. The van der Waals surface area contributed by atoms with E-state index in [2.05, 4.69) is 15.6 Å². The molecule has 17 heavy (non-hydrogen) atoms. The van der Waals surface area contributed by atoms with E-state index < -0.39 is 6.04 Å². The summed E-state index contributed by atoms with van der Waals surface area (Å²) < 4.78 is 0. The molecule has 1 atom stereocenters. The molecule has 0 aromatic heterocycles. The summed E-state index contributed by atoms with van der Waals surface area (Å²) in [6, 6.07) is -0.538. The molecule has 96 valence electrons. The van der Waals surface area contributed by atoms with Gasteiger partial charge < -0.3 is 16.4 Å². The number of hydrogen-bond donors (Lipinski definition) is 3. The van der Waals surface area contributed by atoms with Crippen LogP contribution in [0.4, 0.5) is 0 Å². The summed E-state index contributed by atoms with van der Waals surface area (Å²) in [4.78, 5) is 36.3. The van der Waals surface area contributed by atoms with E-state index in [1.807, 2.05) is 0 Å². The average Bonchev–Trinajstić information content (AvgIpc) is 2.30. The first-order valence-electron chi connectivity index (χ1n) is 5.28. The number of nitrogens with two attached hydrogens (primary N) is 1. The Morgan fingerprint density at radius 1 is 1.47 bits per heavy atom. The van der Waals surface area contributed by atoms with Crippen LogP contribution < -0.4 is 16.4 Å². The molecule has 7 nitrogen and oxygen atoms in total. The van der Waals surface area contributed by atoms with Gasteiger partial charge in [0, 0.05) is 6.54 Å². The molecular formula is C10H18N4O3.